The van der Waals surface area contributed by atoms with Crippen LogP contribution in [0, 0.1) is 6.92 Å². The van der Waals surface area contributed by atoms with Crippen molar-refractivity contribution in [3.63, 3.8) is 0 Å². The van der Waals surface area contributed by atoms with Crippen LogP contribution in [0.15, 0.2) is 24.3 Å². The summed E-state index contributed by atoms with van der Waals surface area (Å²) in [6.07, 6.45) is 2.16. The van der Waals surface area contributed by atoms with Crippen molar-refractivity contribution in [1.82, 2.24) is 9.97 Å². The first-order valence-corrected chi connectivity index (χ1v) is 7.12. The lowest BCUT2D eigenvalue weighted by Gasteiger charge is -2.20. The first-order valence-electron chi connectivity index (χ1n) is 7.12. The molecule has 1 aliphatic heterocycles. The van der Waals surface area contributed by atoms with Gasteiger partial charge < -0.3 is 10.1 Å². The van der Waals surface area contributed by atoms with Gasteiger partial charge in [-0.1, -0.05) is 12.1 Å². The van der Waals surface area contributed by atoms with Crippen molar-refractivity contribution in [1.29, 1.82) is 0 Å². The van der Waals surface area contributed by atoms with Crippen LogP contribution < -0.4 is 10.1 Å². The molecule has 0 bridgehead atoms. The zero-order valence-corrected chi connectivity index (χ0v) is 11.9. The fourth-order valence-electron chi connectivity index (χ4n) is 2.53. The molecule has 104 valence electrons. The van der Waals surface area contributed by atoms with E-state index in [2.05, 4.69) is 33.5 Å². The number of para-hydroxylation sites is 1. The number of hydrogen-bond donors (Lipinski definition) is 1. The zero-order valence-electron chi connectivity index (χ0n) is 11.9. The quantitative estimate of drug-likeness (QED) is 0.929. The molecule has 0 spiro atoms. The first kappa shape index (κ1) is 12.9. The fourth-order valence-corrected chi connectivity index (χ4v) is 2.53. The normalized spacial score (nSPS) is 13.5. The minimum atomic E-state index is 0.677. The van der Waals surface area contributed by atoms with E-state index in [4.69, 9.17) is 4.74 Å². The van der Waals surface area contributed by atoms with Crippen LogP contribution in [-0.2, 0) is 6.42 Å². The van der Waals surface area contributed by atoms with Gasteiger partial charge in [-0.3, -0.25) is 0 Å². The molecule has 2 heterocycles. The Bertz CT molecular complexity index is 625. The number of ether oxygens (including phenoxy) is 1. The summed E-state index contributed by atoms with van der Waals surface area (Å²) in [6, 6.07) is 8.29. The fraction of sp³-hybridized carbons (Fsp3) is 0.375. The van der Waals surface area contributed by atoms with Gasteiger partial charge >= 0.3 is 0 Å². The second-order valence-corrected chi connectivity index (χ2v) is 4.99. The van der Waals surface area contributed by atoms with Crippen LogP contribution in [0.5, 0.6) is 5.75 Å². The minimum Gasteiger partial charge on any atom is -0.493 e. The summed E-state index contributed by atoms with van der Waals surface area (Å²) >= 11 is 0. The molecule has 1 aliphatic rings. The number of fused-ring (bicyclic) bond motifs is 1. The van der Waals surface area contributed by atoms with Gasteiger partial charge in [-0.05, 0) is 44.4 Å². The molecule has 0 saturated heterocycles. The molecule has 4 nitrogen and oxygen atoms in total. The van der Waals surface area contributed by atoms with E-state index in [0.717, 1.165) is 48.7 Å². The number of aromatic nitrogens is 2. The molecule has 0 atom stereocenters. The lowest BCUT2D eigenvalue weighted by Crippen LogP contribution is -2.10. The van der Waals surface area contributed by atoms with E-state index in [1.165, 1.54) is 5.56 Å². The zero-order chi connectivity index (χ0) is 13.9. The van der Waals surface area contributed by atoms with Gasteiger partial charge in [0.1, 0.15) is 5.75 Å². The van der Waals surface area contributed by atoms with Gasteiger partial charge in [-0.2, -0.15) is 0 Å². The van der Waals surface area contributed by atoms with E-state index in [1.54, 1.807) is 0 Å². The van der Waals surface area contributed by atoms with Crippen LogP contribution in [-0.4, -0.2) is 23.1 Å². The largest absolute Gasteiger partial charge is 0.493 e. The molecule has 1 N–H and O–H groups in total. The summed E-state index contributed by atoms with van der Waals surface area (Å²) in [5, 5.41) is 3.18. The second kappa shape index (κ2) is 5.49. The molecule has 0 amide bonds. The third kappa shape index (κ3) is 2.46. The summed E-state index contributed by atoms with van der Waals surface area (Å²) in [5.74, 6) is 1.66. The van der Waals surface area contributed by atoms with Gasteiger partial charge in [0.2, 0.25) is 5.95 Å². The van der Waals surface area contributed by atoms with E-state index in [9.17, 15) is 0 Å². The Labute approximate surface area is 119 Å². The minimum absolute atomic E-state index is 0.677. The summed E-state index contributed by atoms with van der Waals surface area (Å²) < 4.78 is 5.87. The number of hydrogen-bond acceptors (Lipinski definition) is 4. The Balaban J connectivity index is 2.09. The summed E-state index contributed by atoms with van der Waals surface area (Å²) in [7, 11) is 0. The molecule has 0 saturated carbocycles. The highest BCUT2D eigenvalue weighted by Crippen LogP contribution is 2.35. The van der Waals surface area contributed by atoms with Crippen LogP contribution >= 0.6 is 0 Å². The molecule has 2 aromatic rings. The lowest BCUT2D eigenvalue weighted by molar-refractivity contribution is 0.289. The van der Waals surface area contributed by atoms with E-state index in [0.29, 0.717) is 5.95 Å². The number of aryl methyl sites for hydroxylation is 2. The topological polar surface area (TPSA) is 47.0 Å². The Morgan fingerprint density at radius 1 is 1.30 bits per heavy atom. The molecule has 0 fully saturated rings. The standard InChI is InChI=1S/C16H19N3O/c1-3-17-16-18-11(2)10-14(19-16)13-8-4-6-12-7-5-9-20-15(12)13/h4,6,8,10H,3,5,7,9H2,1-2H3,(H,17,18,19). The molecule has 0 radical (unpaired) electrons. The number of nitrogens with zero attached hydrogens (tertiary/aromatic N) is 2. The maximum absolute atomic E-state index is 5.87. The van der Waals surface area contributed by atoms with Gasteiger partial charge in [0.05, 0.1) is 12.3 Å². The Hall–Kier alpha value is -2.10. The molecule has 3 rings (SSSR count). The van der Waals surface area contributed by atoms with Gasteiger partial charge in [-0.25, -0.2) is 9.97 Å². The van der Waals surface area contributed by atoms with Gasteiger partial charge in [0.25, 0.3) is 0 Å². The number of nitrogens with one attached hydrogen (secondary N) is 1. The maximum atomic E-state index is 5.87. The molecule has 1 aromatic carbocycles. The van der Waals surface area contributed by atoms with Gasteiger partial charge in [0.15, 0.2) is 0 Å². The molecular weight excluding hydrogens is 250 g/mol. The number of rotatable bonds is 3. The highest BCUT2D eigenvalue weighted by atomic mass is 16.5. The molecule has 4 heteroatoms. The summed E-state index contributed by atoms with van der Waals surface area (Å²) in [4.78, 5) is 9.00. The molecule has 0 unspecified atom stereocenters. The van der Waals surface area contributed by atoms with E-state index in [-0.39, 0.29) is 0 Å². The van der Waals surface area contributed by atoms with Crippen LogP contribution in [0.25, 0.3) is 11.3 Å². The highest BCUT2D eigenvalue weighted by Gasteiger charge is 2.17. The number of benzene rings is 1. The molecule has 0 aliphatic carbocycles. The predicted octanol–water partition coefficient (Wildman–Crippen LogP) is 3.21. The van der Waals surface area contributed by atoms with Crippen molar-refractivity contribution in [2.45, 2.75) is 26.7 Å². The van der Waals surface area contributed by atoms with Crippen molar-refractivity contribution in [3.8, 4) is 17.0 Å². The SMILES string of the molecule is CCNc1nc(C)cc(-c2cccc3c2OCCC3)n1. The highest BCUT2D eigenvalue weighted by molar-refractivity contribution is 5.70. The van der Waals surface area contributed by atoms with Crippen molar-refractivity contribution >= 4 is 5.95 Å². The Kier molecular flexibility index (Phi) is 3.54. The van der Waals surface area contributed by atoms with Crippen molar-refractivity contribution < 1.29 is 4.74 Å². The average Bonchev–Trinajstić information content (AvgIpc) is 2.46. The van der Waals surface area contributed by atoms with Crippen LogP contribution in [0.3, 0.4) is 0 Å². The van der Waals surface area contributed by atoms with Gasteiger partial charge in [0, 0.05) is 17.8 Å². The van der Waals surface area contributed by atoms with Crippen molar-refractivity contribution in [2.24, 2.45) is 0 Å². The van der Waals surface area contributed by atoms with Crippen molar-refractivity contribution in [2.75, 3.05) is 18.5 Å². The second-order valence-electron chi connectivity index (χ2n) is 4.99. The Morgan fingerprint density at radius 3 is 3.05 bits per heavy atom. The molecule has 20 heavy (non-hydrogen) atoms. The lowest BCUT2D eigenvalue weighted by atomic mass is 10.0. The van der Waals surface area contributed by atoms with Gasteiger partial charge in [-0.15, -0.1) is 0 Å². The molecular formula is C16H19N3O. The van der Waals surface area contributed by atoms with Crippen LogP contribution in [0.2, 0.25) is 0 Å². The third-order valence-corrected chi connectivity index (χ3v) is 3.40. The molecule has 1 aromatic heterocycles. The number of anilines is 1. The maximum Gasteiger partial charge on any atom is 0.223 e. The smallest absolute Gasteiger partial charge is 0.223 e. The van der Waals surface area contributed by atoms with Crippen LogP contribution in [0.4, 0.5) is 5.95 Å². The van der Waals surface area contributed by atoms with Crippen molar-refractivity contribution in [3.05, 3.63) is 35.5 Å². The summed E-state index contributed by atoms with van der Waals surface area (Å²) in [5.41, 5.74) is 4.22. The van der Waals surface area contributed by atoms with E-state index in [1.807, 2.05) is 19.9 Å². The average molecular weight is 269 g/mol. The van der Waals surface area contributed by atoms with E-state index < -0.39 is 0 Å². The predicted molar refractivity (Wildman–Crippen MR) is 80.2 cm³/mol. The summed E-state index contributed by atoms with van der Waals surface area (Å²) in [6.45, 7) is 5.63. The Morgan fingerprint density at radius 2 is 2.20 bits per heavy atom. The third-order valence-electron chi connectivity index (χ3n) is 3.40. The monoisotopic (exact) mass is 269 g/mol. The van der Waals surface area contributed by atoms with E-state index >= 15 is 0 Å². The first-order chi connectivity index (χ1) is 9.78. The van der Waals surface area contributed by atoms with Crippen LogP contribution in [0.1, 0.15) is 24.6 Å².